The summed E-state index contributed by atoms with van der Waals surface area (Å²) < 4.78 is 0. The van der Waals surface area contributed by atoms with Crippen molar-refractivity contribution in [3.8, 4) is 0 Å². The Bertz CT molecular complexity index is 463. The van der Waals surface area contributed by atoms with Gasteiger partial charge in [-0.05, 0) is 38.9 Å². The van der Waals surface area contributed by atoms with Gasteiger partial charge in [-0.15, -0.1) is 0 Å². The normalized spacial score (nSPS) is 11.3. The fourth-order valence-electron chi connectivity index (χ4n) is 1.89. The molecule has 0 aliphatic rings. The zero-order chi connectivity index (χ0) is 15.2. The highest BCUT2D eigenvalue weighted by molar-refractivity contribution is 5.96. The van der Waals surface area contributed by atoms with Crippen LogP contribution in [0.5, 0.6) is 0 Å². The fraction of sp³-hybridized carbons (Fsp3) is 0.500. The van der Waals surface area contributed by atoms with Gasteiger partial charge >= 0.3 is 5.97 Å². The molecule has 2 N–H and O–H groups in total. The Morgan fingerprint density at radius 2 is 1.80 bits per heavy atom. The zero-order valence-corrected chi connectivity index (χ0v) is 12.4. The van der Waals surface area contributed by atoms with Crippen molar-refractivity contribution < 1.29 is 14.7 Å². The minimum absolute atomic E-state index is 0.0996. The molecule has 0 amide bonds. The van der Waals surface area contributed by atoms with Crippen LogP contribution in [-0.4, -0.2) is 29.9 Å². The summed E-state index contributed by atoms with van der Waals surface area (Å²) in [5, 5.41) is 12.3. The first-order valence-corrected chi connectivity index (χ1v) is 6.97. The lowest BCUT2D eigenvalue weighted by molar-refractivity contribution is -0.142. The number of rotatable bonds is 8. The van der Waals surface area contributed by atoms with E-state index < -0.39 is 11.4 Å². The van der Waals surface area contributed by atoms with E-state index in [4.69, 9.17) is 5.11 Å². The van der Waals surface area contributed by atoms with Crippen molar-refractivity contribution in [2.75, 3.05) is 13.1 Å². The van der Waals surface area contributed by atoms with Crippen molar-refractivity contribution in [3.05, 3.63) is 35.4 Å². The van der Waals surface area contributed by atoms with Gasteiger partial charge in [0.15, 0.2) is 5.78 Å². The zero-order valence-electron chi connectivity index (χ0n) is 12.4. The highest BCUT2D eigenvalue weighted by Crippen LogP contribution is 2.24. The maximum atomic E-state index is 12.0. The quantitative estimate of drug-likeness (QED) is 0.566. The largest absolute Gasteiger partial charge is 0.481 e. The van der Waals surface area contributed by atoms with E-state index in [1.54, 1.807) is 38.1 Å². The van der Waals surface area contributed by atoms with E-state index in [-0.39, 0.29) is 5.78 Å². The number of hydrogen-bond acceptors (Lipinski definition) is 3. The van der Waals surface area contributed by atoms with Gasteiger partial charge < -0.3 is 10.4 Å². The maximum Gasteiger partial charge on any atom is 0.313 e. The molecule has 0 fully saturated rings. The van der Waals surface area contributed by atoms with Gasteiger partial charge in [-0.3, -0.25) is 9.59 Å². The minimum atomic E-state index is -0.938. The maximum absolute atomic E-state index is 12.0. The van der Waals surface area contributed by atoms with Crippen LogP contribution in [0.4, 0.5) is 0 Å². The van der Waals surface area contributed by atoms with Gasteiger partial charge in [0.1, 0.15) is 0 Å². The molecule has 0 spiro atoms. The number of aliphatic carboxylic acids is 1. The van der Waals surface area contributed by atoms with Crippen molar-refractivity contribution in [2.24, 2.45) is 0 Å². The number of carbonyl (C=O) groups excluding carboxylic acids is 1. The Balaban J connectivity index is 2.67. The molecule has 4 heteroatoms. The molecular weight excluding hydrogens is 254 g/mol. The molecule has 0 radical (unpaired) electrons. The van der Waals surface area contributed by atoms with E-state index in [0.717, 1.165) is 19.5 Å². The van der Waals surface area contributed by atoms with E-state index in [2.05, 4.69) is 5.32 Å². The molecule has 0 aliphatic carbocycles. The second-order valence-electron chi connectivity index (χ2n) is 5.39. The number of hydrogen-bond donors (Lipinski definition) is 2. The molecule has 0 saturated heterocycles. The molecule has 0 atom stereocenters. The smallest absolute Gasteiger partial charge is 0.313 e. The molecular formula is C16H23NO3. The highest BCUT2D eigenvalue weighted by atomic mass is 16.4. The van der Waals surface area contributed by atoms with Crippen molar-refractivity contribution in [1.82, 2.24) is 5.32 Å². The van der Waals surface area contributed by atoms with Crippen molar-refractivity contribution in [3.63, 3.8) is 0 Å². The standard InChI is InChI=1S/C16H23NO3/c1-4-17-11-5-6-14(18)12-7-9-13(10-8-12)16(2,3)15(19)20/h7-10,17H,4-6,11H2,1-3H3,(H,19,20). The third-order valence-corrected chi connectivity index (χ3v) is 3.47. The SMILES string of the molecule is CCNCCCC(=O)c1ccc(C(C)(C)C(=O)O)cc1. The second-order valence-corrected chi connectivity index (χ2v) is 5.39. The van der Waals surface area contributed by atoms with Gasteiger partial charge in [0.05, 0.1) is 5.41 Å². The first kappa shape index (κ1) is 16.4. The highest BCUT2D eigenvalue weighted by Gasteiger charge is 2.29. The molecule has 0 unspecified atom stereocenters. The van der Waals surface area contributed by atoms with E-state index >= 15 is 0 Å². The summed E-state index contributed by atoms with van der Waals surface area (Å²) in [6, 6.07) is 6.89. The summed E-state index contributed by atoms with van der Waals surface area (Å²) in [4.78, 5) is 23.1. The Morgan fingerprint density at radius 3 is 2.30 bits per heavy atom. The van der Waals surface area contributed by atoms with E-state index in [1.807, 2.05) is 6.92 Å². The fourth-order valence-corrected chi connectivity index (χ4v) is 1.89. The van der Waals surface area contributed by atoms with Crippen LogP contribution in [0, 0.1) is 0 Å². The summed E-state index contributed by atoms with van der Waals surface area (Å²) in [5.74, 6) is -0.773. The van der Waals surface area contributed by atoms with Crippen LogP contribution in [0.25, 0.3) is 0 Å². The molecule has 0 aliphatic heterocycles. The van der Waals surface area contributed by atoms with E-state index in [0.29, 0.717) is 17.5 Å². The summed E-state index contributed by atoms with van der Waals surface area (Å²) in [6.45, 7) is 7.09. The lowest BCUT2D eigenvalue weighted by Gasteiger charge is -2.19. The van der Waals surface area contributed by atoms with Crippen molar-refractivity contribution >= 4 is 11.8 Å². The van der Waals surface area contributed by atoms with Crippen LogP contribution in [0.3, 0.4) is 0 Å². The number of benzene rings is 1. The monoisotopic (exact) mass is 277 g/mol. The summed E-state index contributed by atoms with van der Waals surface area (Å²) >= 11 is 0. The molecule has 110 valence electrons. The third-order valence-electron chi connectivity index (χ3n) is 3.47. The first-order chi connectivity index (χ1) is 9.39. The Morgan fingerprint density at radius 1 is 1.20 bits per heavy atom. The summed E-state index contributed by atoms with van der Waals surface area (Å²) in [6.07, 6.45) is 1.32. The lowest BCUT2D eigenvalue weighted by atomic mass is 9.84. The lowest BCUT2D eigenvalue weighted by Crippen LogP contribution is -2.28. The number of carboxylic acids is 1. The number of Topliss-reactive ketones (excluding diaryl/α,β-unsaturated/α-hetero) is 1. The molecule has 0 saturated carbocycles. The summed E-state index contributed by atoms with van der Waals surface area (Å²) in [5.41, 5.74) is 0.410. The first-order valence-electron chi connectivity index (χ1n) is 6.97. The van der Waals surface area contributed by atoms with Crippen LogP contribution in [0.1, 0.15) is 49.5 Å². The molecule has 1 aromatic rings. The van der Waals surface area contributed by atoms with E-state index in [9.17, 15) is 9.59 Å². The number of carbonyl (C=O) groups is 2. The van der Waals surface area contributed by atoms with Crippen LogP contribution in [0.15, 0.2) is 24.3 Å². The van der Waals surface area contributed by atoms with Gasteiger partial charge in [-0.1, -0.05) is 31.2 Å². The van der Waals surface area contributed by atoms with E-state index in [1.165, 1.54) is 0 Å². The Hall–Kier alpha value is -1.68. The average Bonchev–Trinajstić information content (AvgIpc) is 2.43. The molecule has 1 aromatic carbocycles. The molecule has 0 heterocycles. The van der Waals surface area contributed by atoms with Gasteiger partial charge in [-0.2, -0.15) is 0 Å². The minimum Gasteiger partial charge on any atom is -0.481 e. The second kappa shape index (κ2) is 7.20. The predicted octanol–water partition coefficient (Wildman–Crippen LogP) is 2.62. The number of ketones is 1. The third kappa shape index (κ3) is 4.17. The Kier molecular flexibility index (Phi) is 5.89. The van der Waals surface area contributed by atoms with Crippen molar-refractivity contribution in [2.45, 2.75) is 39.0 Å². The van der Waals surface area contributed by atoms with Crippen molar-refractivity contribution in [1.29, 1.82) is 0 Å². The van der Waals surface area contributed by atoms with Crippen LogP contribution < -0.4 is 5.32 Å². The molecule has 1 rings (SSSR count). The van der Waals surface area contributed by atoms with Gasteiger partial charge in [0.25, 0.3) is 0 Å². The van der Waals surface area contributed by atoms with Gasteiger partial charge in [0, 0.05) is 12.0 Å². The molecule has 20 heavy (non-hydrogen) atoms. The molecule has 0 bridgehead atoms. The topological polar surface area (TPSA) is 66.4 Å². The number of nitrogens with one attached hydrogen (secondary N) is 1. The predicted molar refractivity (Wildman–Crippen MR) is 79.2 cm³/mol. The molecule has 0 aromatic heterocycles. The van der Waals surface area contributed by atoms with Gasteiger partial charge in [-0.25, -0.2) is 0 Å². The molecule has 4 nitrogen and oxygen atoms in total. The average molecular weight is 277 g/mol. The number of carboxylic acid groups (broad SMARTS) is 1. The summed E-state index contributed by atoms with van der Waals surface area (Å²) in [7, 11) is 0. The van der Waals surface area contributed by atoms with Crippen LogP contribution >= 0.6 is 0 Å². The van der Waals surface area contributed by atoms with Gasteiger partial charge in [0.2, 0.25) is 0 Å². The van der Waals surface area contributed by atoms with Crippen LogP contribution in [0.2, 0.25) is 0 Å². The Labute approximate surface area is 120 Å². The van der Waals surface area contributed by atoms with Crippen LogP contribution in [-0.2, 0) is 10.2 Å².